The number of carbonyl (C=O) groups excluding carboxylic acids is 1. The van der Waals surface area contributed by atoms with Crippen molar-refractivity contribution in [3.63, 3.8) is 0 Å². The number of nitrogens with zero attached hydrogens (tertiary/aromatic N) is 2. The first-order valence-electron chi connectivity index (χ1n) is 8.04. The molecule has 0 radical (unpaired) electrons. The number of anilines is 1. The van der Waals surface area contributed by atoms with E-state index in [0.717, 1.165) is 5.52 Å². The van der Waals surface area contributed by atoms with Crippen molar-refractivity contribution in [1.82, 2.24) is 9.13 Å². The first-order valence-corrected chi connectivity index (χ1v) is 9.69. The number of imidazole rings is 1. The summed E-state index contributed by atoms with van der Waals surface area (Å²) < 4.78 is 26.7. The fraction of sp³-hybridized carbons (Fsp3) is 0.222. The van der Waals surface area contributed by atoms with Crippen molar-refractivity contribution in [2.24, 2.45) is 14.1 Å². The molecular weight excluding hydrogens is 354 g/mol. The van der Waals surface area contributed by atoms with Crippen LogP contribution in [-0.2, 0) is 23.9 Å². The highest BCUT2D eigenvalue weighted by atomic mass is 32.2. The third-order valence-corrected chi connectivity index (χ3v) is 6.14. The maximum absolute atomic E-state index is 12.4. The molecule has 0 saturated carbocycles. The molecule has 2 aromatic carbocycles. The van der Waals surface area contributed by atoms with E-state index in [0.29, 0.717) is 16.8 Å². The van der Waals surface area contributed by atoms with Gasteiger partial charge in [-0.15, -0.1) is 0 Å². The monoisotopic (exact) mass is 373 g/mol. The van der Waals surface area contributed by atoms with Crippen LogP contribution in [0.3, 0.4) is 0 Å². The molecule has 0 aliphatic heterocycles. The first-order chi connectivity index (χ1) is 12.2. The van der Waals surface area contributed by atoms with Gasteiger partial charge in [0.15, 0.2) is 9.84 Å². The topological polar surface area (TPSA) is 90.2 Å². The van der Waals surface area contributed by atoms with Gasteiger partial charge in [-0.3, -0.25) is 13.9 Å². The van der Waals surface area contributed by atoms with Gasteiger partial charge in [0.05, 0.1) is 21.7 Å². The summed E-state index contributed by atoms with van der Waals surface area (Å²) >= 11 is 0. The maximum atomic E-state index is 12.4. The van der Waals surface area contributed by atoms with Crippen molar-refractivity contribution in [3.8, 4) is 0 Å². The third kappa shape index (κ3) is 3.03. The average molecular weight is 373 g/mol. The minimum absolute atomic E-state index is 0.00829. The molecule has 0 bridgehead atoms. The molecular formula is C18H19N3O4S. The Bertz CT molecular complexity index is 1160. The molecule has 136 valence electrons. The Morgan fingerprint density at radius 1 is 1.00 bits per heavy atom. The Balaban J connectivity index is 1.87. The first kappa shape index (κ1) is 17.9. The zero-order valence-corrected chi connectivity index (χ0v) is 15.5. The number of benzene rings is 2. The van der Waals surface area contributed by atoms with Crippen LogP contribution in [0.4, 0.5) is 5.69 Å². The minimum Gasteiger partial charge on any atom is -0.322 e. The van der Waals surface area contributed by atoms with E-state index in [4.69, 9.17) is 0 Å². The predicted octanol–water partition coefficient (Wildman–Crippen LogP) is 1.92. The Hall–Kier alpha value is -2.87. The van der Waals surface area contributed by atoms with E-state index in [1.165, 1.54) is 33.4 Å². The van der Waals surface area contributed by atoms with Gasteiger partial charge in [-0.05, 0) is 42.5 Å². The Morgan fingerprint density at radius 2 is 1.62 bits per heavy atom. The van der Waals surface area contributed by atoms with Crippen LogP contribution in [0.5, 0.6) is 0 Å². The van der Waals surface area contributed by atoms with Crippen molar-refractivity contribution in [1.29, 1.82) is 0 Å². The molecule has 0 aliphatic rings. The molecule has 26 heavy (non-hydrogen) atoms. The van der Waals surface area contributed by atoms with Crippen molar-refractivity contribution >= 4 is 32.5 Å². The summed E-state index contributed by atoms with van der Waals surface area (Å²) in [6.07, 6.45) is 0. The lowest BCUT2D eigenvalue weighted by Crippen LogP contribution is -2.19. The second-order valence-corrected chi connectivity index (χ2v) is 8.26. The standard InChI is InChI=1S/C18H19N3O4S/c1-4-26(24,25)14-8-5-12(6-9-14)17(22)19-13-7-10-15-16(11-13)21(3)18(23)20(15)2/h5-11H,4H2,1-3H3,(H,19,22). The van der Waals surface area contributed by atoms with Gasteiger partial charge in [0.2, 0.25) is 0 Å². The quantitative estimate of drug-likeness (QED) is 0.757. The van der Waals surface area contributed by atoms with Crippen LogP contribution >= 0.6 is 0 Å². The van der Waals surface area contributed by atoms with Gasteiger partial charge < -0.3 is 5.32 Å². The lowest BCUT2D eigenvalue weighted by Gasteiger charge is -2.07. The number of aromatic nitrogens is 2. The number of nitrogens with one attached hydrogen (secondary N) is 1. The second-order valence-electron chi connectivity index (χ2n) is 5.99. The van der Waals surface area contributed by atoms with Gasteiger partial charge in [-0.25, -0.2) is 13.2 Å². The lowest BCUT2D eigenvalue weighted by molar-refractivity contribution is 0.102. The number of aryl methyl sites for hydroxylation is 2. The van der Waals surface area contributed by atoms with Gasteiger partial charge in [-0.2, -0.15) is 0 Å². The number of carbonyl (C=O) groups is 1. The van der Waals surface area contributed by atoms with Gasteiger partial charge in [0, 0.05) is 25.3 Å². The molecule has 1 aromatic heterocycles. The van der Waals surface area contributed by atoms with Crippen molar-refractivity contribution < 1.29 is 13.2 Å². The SMILES string of the molecule is CCS(=O)(=O)c1ccc(C(=O)Nc2ccc3c(c2)n(C)c(=O)n3C)cc1. The normalized spacial score (nSPS) is 11.7. The Labute approximate surface area is 150 Å². The highest BCUT2D eigenvalue weighted by Crippen LogP contribution is 2.19. The van der Waals surface area contributed by atoms with E-state index in [1.54, 1.807) is 39.2 Å². The van der Waals surface area contributed by atoms with E-state index < -0.39 is 9.84 Å². The molecule has 0 aliphatic carbocycles. The summed E-state index contributed by atoms with van der Waals surface area (Å²) in [5, 5.41) is 2.77. The molecule has 0 atom stereocenters. The molecule has 3 aromatic rings. The molecule has 8 heteroatoms. The van der Waals surface area contributed by atoms with Crippen LogP contribution < -0.4 is 11.0 Å². The van der Waals surface area contributed by atoms with Crippen LogP contribution in [0.2, 0.25) is 0 Å². The minimum atomic E-state index is -3.30. The molecule has 0 unspecified atom stereocenters. The van der Waals surface area contributed by atoms with Crippen LogP contribution in [0.15, 0.2) is 52.2 Å². The highest BCUT2D eigenvalue weighted by molar-refractivity contribution is 7.91. The summed E-state index contributed by atoms with van der Waals surface area (Å²) in [7, 11) is 0.0623. The Kier molecular flexibility index (Phi) is 4.45. The number of hydrogen-bond acceptors (Lipinski definition) is 4. The molecule has 7 nitrogen and oxygen atoms in total. The summed E-state index contributed by atoms with van der Waals surface area (Å²) in [6.45, 7) is 1.57. The summed E-state index contributed by atoms with van der Waals surface area (Å²) in [6, 6.07) is 11.0. The highest BCUT2D eigenvalue weighted by Gasteiger charge is 2.14. The largest absolute Gasteiger partial charge is 0.328 e. The van der Waals surface area contributed by atoms with E-state index in [-0.39, 0.29) is 22.2 Å². The smallest absolute Gasteiger partial charge is 0.322 e. The number of fused-ring (bicyclic) bond motifs is 1. The number of rotatable bonds is 4. The van der Waals surface area contributed by atoms with Crippen molar-refractivity contribution in [2.45, 2.75) is 11.8 Å². The molecule has 0 spiro atoms. The number of amides is 1. The Morgan fingerprint density at radius 3 is 2.23 bits per heavy atom. The number of sulfone groups is 1. The van der Waals surface area contributed by atoms with Gasteiger partial charge in [0.25, 0.3) is 5.91 Å². The maximum Gasteiger partial charge on any atom is 0.328 e. The van der Waals surface area contributed by atoms with E-state index >= 15 is 0 Å². The second kappa shape index (κ2) is 6.45. The van der Waals surface area contributed by atoms with E-state index in [9.17, 15) is 18.0 Å². The van der Waals surface area contributed by atoms with Gasteiger partial charge in [0.1, 0.15) is 0 Å². The molecule has 1 heterocycles. The molecule has 1 N–H and O–H groups in total. The van der Waals surface area contributed by atoms with Crippen molar-refractivity contribution in [2.75, 3.05) is 11.1 Å². The zero-order valence-electron chi connectivity index (χ0n) is 14.7. The number of hydrogen-bond donors (Lipinski definition) is 1. The van der Waals surface area contributed by atoms with Crippen LogP contribution in [-0.4, -0.2) is 29.2 Å². The fourth-order valence-electron chi connectivity index (χ4n) is 2.77. The van der Waals surface area contributed by atoms with Crippen LogP contribution in [0.25, 0.3) is 11.0 Å². The van der Waals surface area contributed by atoms with Gasteiger partial charge >= 0.3 is 5.69 Å². The average Bonchev–Trinajstić information content (AvgIpc) is 2.86. The zero-order chi connectivity index (χ0) is 19.1. The van der Waals surface area contributed by atoms with E-state index in [2.05, 4.69) is 5.32 Å². The van der Waals surface area contributed by atoms with Crippen LogP contribution in [0.1, 0.15) is 17.3 Å². The summed E-state index contributed by atoms with van der Waals surface area (Å²) in [5.41, 5.74) is 2.23. The molecule has 1 amide bonds. The van der Waals surface area contributed by atoms with Crippen molar-refractivity contribution in [3.05, 3.63) is 58.5 Å². The summed E-state index contributed by atoms with van der Waals surface area (Å²) in [4.78, 5) is 24.6. The molecule has 3 rings (SSSR count). The molecule has 0 fully saturated rings. The third-order valence-electron chi connectivity index (χ3n) is 4.39. The van der Waals surface area contributed by atoms with E-state index in [1.807, 2.05) is 0 Å². The summed E-state index contributed by atoms with van der Waals surface area (Å²) in [5.74, 6) is -0.348. The van der Waals surface area contributed by atoms with Gasteiger partial charge in [-0.1, -0.05) is 6.92 Å². The van der Waals surface area contributed by atoms with Crippen LogP contribution in [0, 0.1) is 0 Å². The lowest BCUT2D eigenvalue weighted by atomic mass is 10.2. The predicted molar refractivity (Wildman–Crippen MR) is 100 cm³/mol. The fourth-order valence-corrected chi connectivity index (χ4v) is 3.65. The molecule has 0 saturated heterocycles.